The standard InChI is InChI=1S/C17H18ClNO3S/c1-22-14-7-6-11(18)10-12(14)16(15-5-3-9-23-15)19-8-2-4-13(19)17(20)21/h3,5-7,9-10,13,16H,2,4,8H2,1H3,(H,20,21). The SMILES string of the molecule is COc1ccc(Cl)cc1C(c1cccs1)N1CCCC1C(=O)O. The molecule has 0 amide bonds. The van der Waals surface area contributed by atoms with Gasteiger partial charge in [0, 0.05) is 22.0 Å². The highest BCUT2D eigenvalue weighted by atomic mass is 35.5. The van der Waals surface area contributed by atoms with Crippen molar-refractivity contribution in [3.8, 4) is 5.75 Å². The summed E-state index contributed by atoms with van der Waals surface area (Å²) >= 11 is 7.82. The second-order valence-corrected chi connectivity index (χ2v) is 6.95. The minimum atomic E-state index is -0.773. The van der Waals surface area contributed by atoms with Crippen LogP contribution in [0.25, 0.3) is 0 Å². The predicted molar refractivity (Wildman–Crippen MR) is 91.5 cm³/mol. The van der Waals surface area contributed by atoms with Gasteiger partial charge in [0.1, 0.15) is 11.8 Å². The molecule has 1 aliphatic heterocycles. The molecule has 0 aliphatic carbocycles. The van der Waals surface area contributed by atoms with Crippen LogP contribution in [0.5, 0.6) is 5.75 Å². The Labute approximate surface area is 144 Å². The number of likely N-dealkylation sites (tertiary alicyclic amines) is 1. The molecule has 1 N–H and O–H groups in total. The summed E-state index contributed by atoms with van der Waals surface area (Å²) in [7, 11) is 1.62. The zero-order valence-electron chi connectivity index (χ0n) is 12.7. The summed E-state index contributed by atoms with van der Waals surface area (Å²) in [6.45, 7) is 0.745. The molecule has 0 bridgehead atoms. The van der Waals surface area contributed by atoms with Crippen LogP contribution in [0.1, 0.15) is 29.3 Å². The molecule has 0 saturated carbocycles. The number of carboxylic acids is 1. The van der Waals surface area contributed by atoms with Crippen LogP contribution in [0.2, 0.25) is 5.02 Å². The first-order valence-corrected chi connectivity index (χ1v) is 8.73. The summed E-state index contributed by atoms with van der Waals surface area (Å²) in [5.74, 6) is -0.0473. The molecule has 1 aromatic carbocycles. The van der Waals surface area contributed by atoms with Crippen molar-refractivity contribution in [3.63, 3.8) is 0 Å². The highest BCUT2D eigenvalue weighted by Crippen LogP contribution is 2.41. The van der Waals surface area contributed by atoms with Gasteiger partial charge in [0.25, 0.3) is 0 Å². The van der Waals surface area contributed by atoms with E-state index in [0.717, 1.165) is 29.2 Å². The number of thiophene rings is 1. The van der Waals surface area contributed by atoms with E-state index in [9.17, 15) is 9.90 Å². The van der Waals surface area contributed by atoms with E-state index in [1.165, 1.54) is 0 Å². The number of aliphatic carboxylic acids is 1. The third-order valence-electron chi connectivity index (χ3n) is 4.21. The van der Waals surface area contributed by atoms with Crippen molar-refractivity contribution in [2.75, 3.05) is 13.7 Å². The average molecular weight is 352 g/mol. The third kappa shape index (κ3) is 3.22. The monoisotopic (exact) mass is 351 g/mol. The maximum absolute atomic E-state index is 11.6. The van der Waals surface area contributed by atoms with E-state index in [1.807, 2.05) is 34.5 Å². The lowest BCUT2D eigenvalue weighted by atomic mass is 10.0. The van der Waals surface area contributed by atoms with Crippen LogP contribution in [0.15, 0.2) is 35.7 Å². The first-order valence-electron chi connectivity index (χ1n) is 7.47. The Kier molecular flexibility index (Phi) is 4.90. The number of nitrogens with zero attached hydrogens (tertiary/aromatic N) is 1. The molecule has 122 valence electrons. The minimum Gasteiger partial charge on any atom is -0.496 e. The van der Waals surface area contributed by atoms with Crippen molar-refractivity contribution < 1.29 is 14.6 Å². The van der Waals surface area contributed by atoms with Crippen molar-refractivity contribution in [3.05, 3.63) is 51.2 Å². The van der Waals surface area contributed by atoms with Crippen molar-refractivity contribution in [2.45, 2.75) is 24.9 Å². The number of rotatable bonds is 5. The normalized spacial score (nSPS) is 19.7. The third-order valence-corrected chi connectivity index (χ3v) is 5.37. The smallest absolute Gasteiger partial charge is 0.320 e. The Morgan fingerprint density at radius 1 is 1.48 bits per heavy atom. The van der Waals surface area contributed by atoms with Crippen LogP contribution in [0.3, 0.4) is 0 Å². The van der Waals surface area contributed by atoms with Gasteiger partial charge in [-0.1, -0.05) is 17.7 Å². The summed E-state index contributed by atoms with van der Waals surface area (Å²) in [6.07, 6.45) is 1.54. The molecule has 23 heavy (non-hydrogen) atoms. The zero-order valence-corrected chi connectivity index (χ0v) is 14.3. The molecule has 6 heteroatoms. The first kappa shape index (κ1) is 16.3. The molecule has 2 heterocycles. The van der Waals surface area contributed by atoms with Crippen molar-refractivity contribution in [2.24, 2.45) is 0 Å². The molecule has 2 unspecified atom stereocenters. The van der Waals surface area contributed by atoms with Crippen LogP contribution in [-0.2, 0) is 4.79 Å². The highest BCUT2D eigenvalue weighted by molar-refractivity contribution is 7.10. The minimum absolute atomic E-state index is 0.160. The second kappa shape index (κ2) is 6.91. The summed E-state index contributed by atoms with van der Waals surface area (Å²) in [6, 6.07) is 8.88. The lowest BCUT2D eigenvalue weighted by Crippen LogP contribution is -2.39. The number of methoxy groups -OCH3 is 1. The zero-order chi connectivity index (χ0) is 16.4. The molecule has 2 aromatic rings. The van der Waals surface area contributed by atoms with Gasteiger partial charge in [-0.25, -0.2) is 0 Å². The Bertz CT molecular complexity index is 689. The number of hydrogen-bond acceptors (Lipinski definition) is 4. The van der Waals surface area contributed by atoms with Gasteiger partial charge in [-0.05, 0) is 42.5 Å². The Morgan fingerprint density at radius 3 is 2.96 bits per heavy atom. The van der Waals surface area contributed by atoms with Crippen LogP contribution in [0.4, 0.5) is 0 Å². The fourth-order valence-electron chi connectivity index (χ4n) is 3.22. The fraction of sp³-hybridized carbons (Fsp3) is 0.353. The van der Waals surface area contributed by atoms with Gasteiger partial charge in [0.15, 0.2) is 0 Å². The largest absolute Gasteiger partial charge is 0.496 e. The lowest BCUT2D eigenvalue weighted by molar-refractivity contribution is -0.142. The van der Waals surface area contributed by atoms with Crippen LogP contribution < -0.4 is 4.74 Å². The topological polar surface area (TPSA) is 49.8 Å². The molecular weight excluding hydrogens is 334 g/mol. The predicted octanol–water partition coefficient (Wildman–Crippen LogP) is 4.05. The molecule has 1 saturated heterocycles. The lowest BCUT2D eigenvalue weighted by Gasteiger charge is -2.31. The van der Waals surface area contributed by atoms with E-state index >= 15 is 0 Å². The molecule has 4 nitrogen and oxygen atoms in total. The van der Waals surface area contributed by atoms with E-state index in [-0.39, 0.29) is 6.04 Å². The van der Waals surface area contributed by atoms with Gasteiger partial charge in [-0.15, -0.1) is 11.3 Å². The molecule has 0 spiro atoms. The van der Waals surface area contributed by atoms with Gasteiger partial charge in [-0.2, -0.15) is 0 Å². The summed E-state index contributed by atoms with van der Waals surface area (Å²) in [5, 5.41) is 12.2. The highest BCUT2D eigenvalue weighted by Gasteiger charge is 2.38. The second-order valence-electron chi connectivity index (χ2n) is 5.54. The van der Waals surface area contributed by atoms with E-state index in [1.54, 1.807) is 24.5 Å². The number of halogens is 1. The molecule has 1 aliphatic rings. The molecule has 0 radical (unpaired) electrons. The van der Waals surface area contributed by atoms with Crippen LogP contribution in [-0.4, -0.2) is 35.7 Å². The van der Waals surface area contributed by atoms with Crippen LogP contribution in [0, 0.1) is 0 Å². The quantitative estimate of drug-likeness (QED) is 0.883. The molecule has 2 atom stereocenters. The van der Waals surface area contributed by atoms with E-state index in [2.05, 4.69) is 0 Å². The maximum Gasteiger partial charge on any atom is 0.320 e. The maximum atomic E-state index is 11.6. The number of hydrogen-bond donors (Lipinski definition) is 1. The molecule has 1 fully saturated rings. The van der Waals surface area contributed by atoms with Crippen molar-refractivity contribution in [1.29, 1.82) is 0 Å². The number of carbonyl (C=O) groups is 1. The van der Waals surface area contributed by atoms with Crippen molar-refractivity contribution in [1.82, 2.24) is 4.90 Å². The summed E-state index contributed by atoms with van der Waals surface area (Å²) < 4.78 is 5.51. The fourth-order valence-corrected chi connectivity index (χ4v) is 4.27. The Hall–Kier alpha value is -1.56. The van der Waals surface area contributed by atoms with Gasteiger partial charge < -0.3 is 9.84 Å². The number of benzene rings is 1. The van der Waals surface area contributed by atoms with Gasteiger partial charge >= 0.3 is 5.97 Å². The van der Waals surface area contributed by atoms with E-state index in [4.69, 9.17) is 16.3 Å². The summed E-state index contributed by atoms with van der Waals surface area (Å²) in [4.78, 5) is 14.8. The first-order chi connectivity index (χ1) is 11.1. The van der Waals surface area contributed by atoms with Gasteiger partial charge in [-0.3, -0.25) is 9.69 Å². The average Bonchev–Trinajstić information content (AvgIpc) is 3.20. The van der Waals surface area contributed by atoms with Crippen molar-refractivity contribution >= 4 is 28.9 Å². The number of ether oxygens (including phenoxy) is 1. The summed E-state index contributed by atoms with van der Waals surface area (Å²) in [5.41, 5.74) is 0.913. The molecule has 3 rings (SSSR count). The molecule has 1 aromatic heterocycles. The van der Waals surface area contributed by atoms with Crippen LogP contribution >= 0.6 is 22.9 Å². The van der Waals surface area contributed by atoms with E-state index in [0.29, 0.717) is 11.4 Å². The van der Waals surface area contributed by atoms with E-state index < -0.39 is 12.0 Å². The Morgan fingerprint density at radius 2 is 2.30 bits per heavy atom. The molecular formula is C17H18ClNO3S. The van der Waals surface area contributed by atoms with Gasteiger partial charge in [0.2, 0.25) is 0 Å². The Balaban J connectivity index is 2.10. The number of carboxylic acid groups (broad SMARTS) is 1. The van der Waals surface area contributed by atoms with Gasteiger partial charge in [0.05, 0.1) is 13.2 Å².